The van der Waals surface area contributed by atoms with Crippen molar-refractivity contribution in [2.75, 3.05) is 0 Å². The van der Waals surface area contributed by atoms with Crippen molar-refractivity contribution < 1.29 is 13.3 Å². The van der Waals surface area contributed by atoms with Gasteiger partial charge >= 0.3 is 0 Å². The van der Waals surface area contributed by atoms with Crippen LogP contribution in [0.25, 0.3) is 71.5 Å². The highest BCUT2D eigenvalue weighted by atomic mass is 16.3. The first-order chi connectivity index (χ1) is 25.3. The number of para-hydroxylation sites is 3. The van der Waals surface area contributed by atoms with Crippen molar-refractivity contribution in [2.24, 2.45) is 9.98 Å². The molecular weight excluding hydrogens is 631 g/mol. The van der Waals surface area contributed by atoms with Gasteiger partial charge in [0.25, 0.3) is 0 Å². The van der Waals surface area contributed by atoms with Crippen LogP contribution in [0.1, 0.15) is 35.0 Å². The van der Waals surface area contributed by atoms with E-state index in [4.69, 9.17) is 23.2 Å². The molecule has 0 bridgehead atoms. The number of nitrogens with zero attached hydrogens (tertiary/aromatic N) is 2. The summed E-state index contributed by atoms with van der Waals surface area (Å²) in [5.41, 5.74) is 10.5. The first kappa shape index (κ1) is 28.2. The van der Waals surface area contributed by atoms with Crippen LogP contribution in [-0.2, 0) is 6.42 Å². The van der Waals surface area contributed by atoms with Crippen LogP contribution in [0.3, 0.4) is 0 Å². The first-order valence-corrected chi connectivity index (χ1v) is 17.3. The van der Waals surface area contributed by atoms with E-state index in [-0.39, 0.29) is 0 Å². The van der Waals surface area contributed by atoms with Gasteiger partial charge in [0.1, 0.15) is 45.3 Å². The van der Waals surface area contributed by atoms with E-state index < -0.39 is 6.17 Å². The van der Waals surface area contributed by atoms with E-state index in [0.717, 1.165) is 113 Å². The van der Waals surface area contributed by atoms with Gasteiger partial charge in [0.2, 0.25) is 0 Å². The number of hydrogen-bond acceptors (Lipinski definition) is 6. The largest absolute Gasteiger partial charge is 0.456 e. The third-order valence-electron chi connectivity index (χ3n) is 10.2. The highest BCUT2D eigenvalue weighted by Crippen LogP contribution is 2.42. The van der Waals surface area contributed by atoms with Gasteiger partial charge < -0.3 is 18.6 Å². The third kappa shape index (κ3) is 4.36. The van der Waals surface area contributed by atoms with E-state index in [0.29, 0.717) is 0 Å². The second-order valence-electron chi connectivity index (χ2n) is 13.2. The highest BCUT2D eigenvalue weighted by Gasteiger charge is 2.29. The lowest BCUT2D eigenvalue weighted by atomic mass is 9.94. The van der Waals surface area contributed by atoms with Gasteiger partial charge in [-0.3, -0.25) is 0 Å². The Kier molecular flexibility index (Phi) is 6.04. The quantitative estimate of drug-likeness (QED) is 0.204. The van der Waals surface area contributed by atoms with Crippen LogP contribution in [-0.4, -0.2) is 11.7 Å². The summed E-state index contributed by atoms with van der Waals surface area (Å²) in [6.07, 6.45) is 3.54. The maximum absolute atomic E-state index is 6.51. The molecule has 51 heavy (non-hydrogen) atoms. The minimum atomic E-state index is -0.529. The van der Waals surface area contributed by atoms with Crippen molar-refractivity contribution in [1.82, 2.24) is 5.32 Å². The van der Waals surface area contributed by atoms with Crippen LogP contribution >= 0.6 is 0 Å². The first-order valence-electron chi connectivity index (χ1n) is 17.3. The Morgan fingerprint density at radius 1 is 0.549 bits per heavy atom. The zero-order valence-electron chi connectivity index (χ0n) is 27.4. The number of aryl methyl sites for hydroxylation is 1. The molecule has 242 valence electrons. The van der Waals surface area contributed by atoms with Gasteiger partial charge in [-0.1, -0.05) is 109 Å². The standard InChI is InChI=1S/C45H29N3O3/c1-2-11-26(12-3-1)43-46-44(48-45(47-43)34-19-9-17-32-30-14-5-7-21-37(30)51-42(32)34)33-18-10-22-39-40(33)35-25-27(23-24-38(35)49-39)28-15-8-16-31-29-13-4-6-20-36(29)50-41(28)31/h1-8,10-16,18-25,44H,9,17H2,(H,46,47,48). The summed E-state index contributed by atoms with van der Waals surface area (Å²) in [4.78, 5) is 10.6. The van der Waals surface area contributed by atoms with Gasteiger partial charge in [0.15, 0.2) is 6.17 Å². The maximum Gasteiger partial charge on any atom is 0.170 e. The second kappa shape index (κ2) is 10.9. The summed E-state index contributed by atoms with van der Waals surface area (Å²) in [6, 6.07) is 45.6. The number of furan rings is 3. The van der Waals surface area contributed by atoms with E-state index in [9.17, 15) is 0 Å². The monoisotopic (exact) mass is 659 g/mol. The average Bonchev–Trinajstić information content (AvgIpc) is 3.89. The van der Waals surface area contributed by atoms with Crippen molar-refractivity contribution in [3.05, 3.63) is 162 Å². The van der Waals surface area contributed by atoms with E-state index in [1.54, 1.807) is 0 Å². The fraction of sp³-hybridized carbons (Fsp3) is 0.0667. The summed E-state index contributed by atoms with van der Waals surface area (Å²) in [5, 5.41) is 8.98. The lowest BCUT2D eigenvalue weighted by molar-refractivity contribution is 0.592. The van der Waals surface area contributed by atoms with Gasteiger partial charge in [0.05, 0.1) is 5.57 Å². The summed E-state index contributed by atoms with van der Waals surface area (Å²) in [6.45, 7) is 0. The molecule has 0 saturated carbocycles. The number of rotatable bonds is 4. The molecular formula is C45H29N3O3. The maximum atomic E-state index is 6.51. The van der Waals surface area contributed by atoms with Crippen molar-refractivity contribution in [3.8, 4) is 11.1 Å². The smallest absolute Gasteiger partial charge is 0.170 e. The summed E-state index contributed by atoms with van der Waals surface area (Å²) in [5.74, 6) is 2.38. The molecule has 0 fully saturated rings. The molecule has 1 atom stereocenters. The molecule has 1 aliphatic heterocycles. The molecule has 6 aromatic carbocycles. The van der Waals surface area contributed by atoms with Crippen molar-refractivity contribution in [2.45, 2.75) is 19.0 Å². The minimum absolute atomic E-state index is 0.529. The fourth-order valence-electron chi connectivity index (χ4n) is 7.90. The number of amidine groups is 2. The SMILES string of the molecule is C1=C(C2=NC(c3cccc4oc5ccc(-c6cccc7c6oc6ccccc67)cc5c34)N=C(c3ccccc3)N2)c2oc3ccccc3c2CC1. The van der Waals surface area contributed by atoms with Gasteiger partial charge in [0, 0.05) is 49.2 Å². The van der Waals surface area contributed by atoms with Crippen molar-refractivity contribution in [3.63, 3.8) is 0 Å². The van der Waals surface area contributed by atoms with Gasteiger partial charge in [-0.2, -0.15) is 0 Å². The number of benzene rings is 6. The Morgan fingerprint density at radius 3 is 2.18 bits per heavy atom. The predicted molar refractivity (Wildman–Crippen MR) is 205 cm³/mol. The minimum Gasteiger partial charge on any atom is -0.456 e. The molecule has 3 aromatic heterocycles. The topological polar surface area (TPSA) is 76.2 Å². The summed E-state index contributed by atoms with van der Waals surface area (Å²) < 4.78 is 19.4. The zero-order chi connectivity index (χ0) is 33.5. The molecule has 9 aromatic rings. The van der Waals surface area contributed by atoms with Gasteiger partial charge in [-0.05, 0) is 48.7 Å². The average molecular weight is 660 g/mol. The molecule has 1 N–H and O–H groups in total. The Hall–Kier alpha value is -6.66. The Balaban J connectivity index is 1.10. The predicted octanol–water partition coefficient (Wildman–Crippen LogP) is 11.4. The van der Waals surface area contributed by atoms with Crippen LogP contribution in [0.15, 0.2) is 163 Å². The molecule has 6 heteroatoms. The Morgan fingerprint density at radius 2 is 1.27 bits per heavy atom. The van der Waals surface area contributed by atoms with E-state index in [1.807, 2.05) is 54.6 Å². The van der Waals surface area contributed by atoms with Crippen molar-refractivity contribution in [1.29, 1.82) is 0 Å². The van der Waals surface area contributed by atoms with Gasteiger partial charge in [-0.25, -0.2) is 9.98 Å². The molecule has 0 spiro atoms. The van der Waals surface area contributed by atoms with Crippen molar-refractivity contribution >= 4 is 72.1 Å². The number of hydrogen-bond donors (Lipinski definition) is 1. The van der Waals surface area contributed by atoms with Gasteiger partial charge in [-0.15, -0.1) is 0 Å². The molecule has 4 heterocycles. The lowest BCUT2D eigenvalue weighted by Gasteiger charge is -2.24. The molecule has 0 saturated heterocycles. The molecule has 0 amide bonds. The fourth-order valence-corrected chi connectivity index (χ4v) is 7.90. The van der Waals surface area contributed by atoms with E-state index >= 15 is 0 Å². The number of nitrogens with one attached hydrogen (secondary N) is 1. The Bertz CT molecular complexity index is 2960. The molecule has 11 rings (SSSR count). The zero-order valence-corrected chi connectivity index (χ0v) is 27.4. The van der Waals surface area contributed by atoms with E-state index in [2.05, 4.69) is 90.3 Å². The lowest BCUT2D eigenvalue weighted by Crippen LogP contribution is -2.36. The van der Waals surface area contributed by atoms with Crippen LogP contribution in [0.2, 0.25) is 0 Å². The molecule has 1 aliphatic carbocycles. The molecule has 6 nitrogen and oxygen atoms in total. The summed E-state index contributed by atoms with van der Waals surface area (Å²) in [7, 11) is 0. The number of allylic oxidation sites excluding steroid dienone is 1. The second-order valence-corrected chi connectivity index (χ2v) is 13.2. The number of fused-ring (bicyclic) bond motifs is 9. The Labute approximate surface area is 292 Å². The van der Waals surface area contributed by atoms with Crippen LogP contribution < -0.4 is 5.32 Å². The molecule has 1 unspecified atom stereocenters. The molecule has 2 aliphatic rings. The molecule has 0 radical (unpaired) electrons. The van der Waals surface area contributed by atoms with E-state index in [1.165, 1.54) is 5.56 Å². The van der Waals surface area contributed by atoms with Crippen LogP contribution in [0.4, 0.5) is 0 Å². The normalized spacial score (nSPS) is 16.0. The van der Waals surface area contributed by atoms with Crippen LogP contribution in [0, 0.1) is 0 Å². The highest BCUT2D eigenvalue weighted by molar-refractivity contribution is 6.30. The van der Waals surface area contributed by atoms with Crippen LogP contribution in [0.5, 0.6) is 0 Å². The number of aliphatic imine (C=N–C) groups is 2. The third-order valence-corrected chi connectivity index (χ3v) is 10.2. The summed E-state index contributed by atoms with van der Waals surface area (Å²) >= 11 is 0.